The van der Waals surface area contributed by atoms with E-state index in [4.69, 9.17) is 5.11 Å². The Morgan fingerprint density at radius 2 is 2.31 bits per heavy atom. The molecule has 0 aromatic heterocycles. The molecule has 1 aliphatic rings. The largest absolute Gasteiger partial charge is 0.478 e. The minimum Gasteiger partial charge on any atom is -0.478 e. The summed E-state index contributed by atoms with van der Waals surface area (Å²) in [7, 11) is 0. The average Bonchev–Trinajstić information content (AvgIpc) is 2.53. The highest BCUT2D eigenvalue weighted by Crippen LogP contribution is 2.25. The van der Waals surface area contributed by atoms with Crippen LogP contribution in [0, 0.1) is 11.8 Å². The Bertz CT molecular complexity index is 289. The lowest BCUT2D eigenvalue weighted by molar-refractivity contribution is -0.132. The van der Waals surface area contributed by atoms with Gasteiger partial charge >= 0.3 is 5.97 Å². The molecule has 0 aliphatic heterocycles. The topological polar surface area (TPSA) is 37.3 Å². The molecule has 0 radical (unpaired) electrons. The number of hydrogen-bond acceptors (Lipinski definition) is 1. The van der Waals surface area contributed by atoms with Gasteiger partial charge in [-0.1, -0.05) is 18.8 Å². The molecule has 0 unspecified atom stereocenters. The highest BCUT2D eigenvalue weighted by Gasteiger charge is 2.18. The van der Waals surface area contributed by atoms with Crippen LogP contribution in [0.25, 0.3) is 0 Å². The molecule has 1 N–H and O–H groups in total. The van der Waals surface area contributed by atoms with E-state index in [1.54, 1.807) is 0 Å². The van der Waals surface area contributed by atoms with E-state index in [1.165, 1.54) is 0 Å². The fourth-order valence-corrected chi connectivity index (χ4v) is 1.41. The number of hydrogen-bond donors (Lipinski definition) is 1. The summed E-state index contributed by atoms with van der Waals surface area (Å²) < 4.78 is 0. The number of carboxylic acids is 1. The first-order chi connectivity index (χ1) is 6.25. The van der Waals surface area contributed by atoms with Crippen LogP contribution in [0.4, 0.5) is 0 Å². The quantitative estimate of drug-likeness (QED) is 0.659. The third-order valence-corrected chi connectivity index (χ3v) is 2.09. The molecule has 0 saturated heterocycles. The Hall–Kier alpha value is -1.23. The summed E-state index contributed by atoms with van der Waals surface area (Å²) in [5, 5.41) is 8.81. The molecule has 0 saturated carbocycles. The van der Waals surface area contributed by atoms with Gasteiger partial charge in [-0.2, -0.15) is 0 Å². The van der Waals surface area contributed by atoms with Crippen LogP contribution in [-0.2, 0) is 4.79 Å². The third-order valence-electron chi connectivity index (χ3n) is 2.09. The van der Waals surface area contributed by atoms with Crippen molar-refractivity contribution in [3.05, 3.63) is 11.1 Å². The lowest BCUT2D eigenvalue weighted by Gasteiger charge is -1.93. The Morgan fingerprint density at radius 3 is 2.92 bits per heavy atom. The van der Waals surface area contributed by atoms with Gasteiger partial charge < -0.3 is 5.11 Å². The van der Waals surface area contributed by atoms with E-state index in [0.29, 0.717) is 12.0 Å². The molecule has 2 nitrogen and oxygen atoms in total. The summed E-state index contributed by atoms with van der Waals surface area (Å²) in [4.78, 5) is 10.7. The van der Waals surface area contributed by atoms with Crippen LogP contribution in [0.1, 0.15) is 39.0 Å². The SMILES string of the molecule is CCCC#CC1=C(C(=O)O)CCC1. The highest BCUT2D eigenvalue weighted by atomic mass is 16.4. The zero-order chi connectivity index (χ0) is 9.68. The predicted octanol–water partition coefficient (Wildman–Crippen LogP) is 2.36. The van der Waals surface area contributed by atoms with Crippen LogP contribution in [0.2, 0.25) is 0 Å². The van der Waals surface area contributed by atoms with E-state index in [0.717, 1.165) is 31.3 Å². The molecule has 2 heteroatoms. The van der Waals surface area contributed by atoms with Gasteiger partial charge in [0.25, 0.3) is 0 Å². The first-order valence-electron chi connectivity index (χ1n) is 4.70. The third kappa shape index (κ3) is 2.62. The van der Waals surface area contributed by atoms with Crippen LogP contribution >= 0.6 is 0 Å². The second-order valence-electron chi connectivity index (χ2n) is 3.17. The van der Waals surface area contributed by atoms with E-state index in [2.05, 4.69) is 18.8 Å². The monoisotopic (exact) mass is 178 g/mol. The smallest absolute Gasteiger partial charge is 0.332 e. The molecular weight excluding hydrogens is 164 g/mol. The Kier molecular flexibility index (Phi) is 3.57. The first-order valence-corrected chi connectivity index (χ1v) is 4.70. The first kappa shape index (κ1) is 9.85. The second-order valence-corrected chi connectivity index (χ2v) is 3.17. The van der Waals surface area contributed by atoms with Crippen LogP contribution in [0.3, 0.4) is 0 Å². The van der Waals surface area contributed by atoms with Crippen LogP contribution < -0.4 is 0 Å². The van der Waals surface area contributed by atoms with Gasteiger partial charge in [-0.15, -0.1) is 0 Å². The summed E-state index contributed by atoms with van der Waals surface area (Å²) >= 11 is 0. The van der Waals surface area contributed by atoms with Gasteiger partial charge in [0.05, 0.1) is 0 Å². The minimum atomic E-state index is -0.793. The van der Waals surface area contributed by atoms with E-state index < -0.39 is 5.97 Å². The van der Waals surface area contributed by atoms with Crippen LogP contribution in [-0.4, -0.2) is 11.1 Å². The fraction of sp³-hybridized carbons (Fsp3) is 0.545. The standard InChI is InChI=1S/C11H14O2/c1-2-3-4-6-9-7-5-8-10(9)11(12)13/h2-3,5,7-8H2,1H3,(H,12,13). The van der Waals surface area contributed by atoms with E-state index >= 15 is 0 Å². The molecule has 0 spiro atoms. The van der Waals surface area contributed by atoms with Crippen molar-refractivity contribution in [2.45, 2.75) is 39.0 Å². The van der Waals surface area contributed by atoms with Crippen molar-refractivity contribution in [3.8, 4) is 11.8 Å². The minimum absolute atomic E-state index is 0.531. The maximum Gasteiger partial charge on any atom is 0.332 e. The summed E-state index contributed by atoms with van der Waals surface area (Å²) in [5.41, 5.74) is 1.38. The van der Waals surface area contributed by atoms with E-state index in [1.807, 2.05) is 0 Å². The lowest BCUT2D eigenvalue weighted by atomic mass is 10.1. The Balaban J connectivity index is 2.72. The van der Waals surface area contributed by atoms with Crippen LogP contribution in [0.5, 0.6) is 0 Å². The van der Waals surface area contributed by atoms with Crippen molar-refractivity contribution in [1.29, 1.82) is 0 Å². The van der Waals surface area contributed by atoms with E-state index in [-0.39, 0.29) is 0 Å². The van der Waals surface area contributed by atoms with Gasteiger partial charge in [-0.3, -0.25) is 0 Å². The van der Waals surface area contributed by atoms with Gasteiger partial charge in [-0.05, 0) is 25.7 Å². The van der Waals surface area contributed by atoms with Gasteiger partial charge in [0, 0.05) is 17.6 Å². The fourth-order valence-electron chi connectivity index (χ4n) is 1.41. The maximum atomic E-state index is 10.7. The maximum absolute atomic E-state index is 10.7. The Labute approximate surface area is 78.6 Å². The molecule has 0 amide bonds. The van der Waals surface area contributed by atoms with Crippen molar-refractivity contribution < 1.29 is 9.90 Å². The molecule has 0 bridgehead atoms. The molecule has 1 aliphatic carbocycles. The molecule has 0 aromatic carbocycles. The molecule has 1 rings (SSSR count). The second kappa shape index (κ2) is 4.71. The number of unbranched alkanes of at least 4 members (excludes halogenated alkanes) is 1. The molecule has 70 valence electrons. The number of carbonyl (C=O) groups is 1. The number of carboxylic acid groups (broad SMARTS) is 1. The predicted molar refractivity (Wildman–Crippen MR) is 51.2 cm³/mol. The number of allylic oxidation sites excluding steroid dienone is 1. The zero-order valence-corrected chi connectivity index (χ0v) is 7.89. The molecule has 0 aromatic rings. The Morgan fingerprint density at radius 1 is 1.54 bits per heavy atom. The molecule has 0 atom stereocenters. The summed E-state index contributed by atoms with van der Waals surface area (Å²) in [6.07, 6.45) is 4.36. The van der Waals surface area contributed by atoms with E-state index in [9.17, 15) is 4.79 Å². The summed E-state index contributed by atoms with van der Waals surface area (Å²) in [5.74, 6) is 5.16. The van der Waals surface area contributed by atoms with Crippen molar-refractivity contribution in [2.24, 2.45) is 0 Å². The normalized spacial score (nSPS) is 15.5. The number of rotatable bonds is 2. The van der Waals surface area contributed by atoms with Crippen molar-refractivity contribution >= 4 is 5.97 Å². The summed E-state index contributed by atoms with van der Waals surface area (Å²) in [6.45, 7) is 2.07. The molecule has 0 heterocycles. The molecular formula is C11H14O2. The van der Waals surface area contributed by atoms with Gasteiger partial charge in [0.1, 0.15) is 0 Å². The zero-order valence-electron chi connectivity index (χ0n) is 7.89. The van der Waals surface area contributed by atoms with Crippen molar-refractivity contribution in [2.75, 3.05) is 0 Å². The van der Waals surface area contributed by atoms with Crippen LogP contribution in [0.15, 0.2) is 11.1 Å². The van der Waals surface area contributed by atoms with Gasteiger partial charge in [0.2, 0.25) is 0 Å². The summed E-state index contributed by atoms with van der Waals surface area (Å²) in [6, 6.07) is 0. The van der Waals surface area contributed by atoms with Crippen molar-refractivity contribution in [3.63, 3.8) is 0 Å². The highest BCUT2D eigenvalue weighted by molar-refractivity contribution is 5.89. The molecule has 0 fully saturated rings. The van der Waals surface area contributed by atoms with Gasteiger partial charge in [0.15, 0.2) is 0 Å². The van der Waals surface area contributed by atoms with Crippen molar-refractivity contribution in [1.82, 2.24) is 0 Å². The lowest BCUT2D eigenvalue weighted by Crippen LogP contribution is -1.98. The molecule has 13 heavy (non-hydrogen) atoms. The number of aliphatic carboxylic acids is 1. The average molecular weight is 178 g/mol. The van der Waals surface area contributed by atoms with Gasteiger partial charge in [-0.25, -0.2) is 4.79 Å².